The molecule has 8 nitrogen and oxygen atoms in total. The summed E-state index contributed by atoms with van der Waals surface area (Å²) in [5, 5.41) is 5.95. The first-order chi connectivity index (χ1) is 20.0. The van der Waals surface area contributed by atoms with Crippen molar-refractivity contribution in [2.75, 3.05) is 6.54 Å². The Hall–Kier alpha value is -5.37. The van der Waals surface area contributed by atoms with E-state index in [1.54, 1.807) is 0 Å². The van der Waals surface area contributed by atoms with Crippen molar-refractivity contribution in [2.24, 2.45) is 5.73 Å². The van der Waals surface area contributed by atoms with Gasteiger partial charge in [-0.1, -0.05) is 72.8 Å². The second kappa shape index (κ2) is 9.67. The first-order valence-electron chi connectivity index (χ1n) is 13.5. The number of fused-ring (bicyclic) bond motifs is 4. The van der Waals surface area contributed by atoms with Crippen LogP contribution in [0.1, 0.15) is 27.1 Å². The van der Waals surface area contributed by atoms with Crippen molar-refractivity contribution in [3.05, 3.63) is 108 Å². The van der Waals surface area contributed by atoms with E-state index in [1.807, 2.05) is 97.1 Å². The van der Waals surface area contributed by atoms with Crippen molar-refractivity contribution < 1.29 is 14.4 Å². The molecule has 3 amide bonds. The number of amides is 3. The number of para-hydroxylation sites is 4. The molecule has 200 valence electrons. The number of pyridine rings is 2. The van der Waals surface area contributed by atoms with Gasteiger partial charge < -0.3 is 16.0 Å². The van der Waals surface area contributed by atoms with Gasteiger partial charge in [-0.2, -0.15) is 0 Å². The summed E-state index contributed by atoms with van der Waals surface area (Å²) >= 11 is 0. The Balaban J connectivity index is 1.26. The fraction of sp³-hybridized carbons (Fsp3) is 0.121. The largest absolute Gasteiger partial charge is 0.368 e. The number of hydrogen-bond acceptors (Lipinski definition) is 5. The SMILES string of the molecule is NC(=O)C1CC(NC(=O)c2c3ccccc3nc3ccccc23)CN1C(=O)c1c2ccccc2nc2ccccc12. The number of carbonyl (C=O) groups is 3. The molecule has 2 atom stereocenters. The van der Waals surface area contributed by atoms with E-state index in [-0.39, 0.29) is 24.8 Å². The molecule has 8 heteroatoms. The van der Waals surface area contributed by atoms with E-state index in [4.69, 9.17) is 15.7 Å². The Labute approximate surface area is 234 Å². The molecular weight excluding hydrogens is 514 g/mol. The van der Waals surface area contributed by atoms with Gasteiger partial charge in [0.05, 0.1) is 33.2 Å². The zero-order chi connectivity index (χ0) is 28.1. The van der Waals surface area contributed by atoms with Crippen molar-refractivity contribution in [1.82, 2.24) is 20.2 Å². The Morgan fingerprint density at radius 1 is 0.659 bits per heavy atom. The summed E-state index contributed by atoms with van der Waals surface area (Å²) in [7, 11) is 0. The van der Waals surface area contributed by atoms with Gasteiger partial charge in [0.15, 0.2) is 0 Å². The van der Waals surface area contributed by atoms with Crippen LogP contribution in [0.25, 0.3) is 43.6 Å². The second-order valence-electron chi connectivity index (χ2n) is 10.3. The Bertz CT molecular complexity index is 1930. The van der Waals surface area contributed by atoms with Gasteiger partial charge in [-0.25, -0.2) is 9.97 Å². The summed E-state index contributed by atoms with van der Waals surface area (Å²) in [6, 6.07) is 28.6. The number of carbonyl (C=O) groups excluding carboxylic acids is 3. The second-order valence-corrected chi connectivity index (χ2v) is 10.3. The predicted octanol–water partition coefficient (Wildman–Crippen LogP) is 4.59. The average molecular weight is 540 g/mol. The van der Waals surface area contributed by atoms with E-state index in [0.29, 0.717) is 44.0 Å². The molecule has 6 aromatic rings. The number of rotatable bonds is 4. The summed E-state index contributed by atoms with van der Waals surface area (Å²) in [4.78, 5) is 51.6. The van der Waals surface area contributed by atoms with Crippen LogP contribution in [0.5, 0.6) is 0 Å². The predicted molar refractivity (Wildman–Crippen MR) is 158 cm³/mol. The monoisotopic (exact) mass is 539 g/mol. The lowest BCUT2D eigenvalue weighted by molar-refractivity contribution is -0.121. The van der Waals surface area contributed by atoms with Crippen molar-refractivity contribution >= 4 is 61.3 Å². The van der Waals surface area contributed by atoms with E-state index in [1.165, 1.54) is 4.90 Å². The van der Waals surface area contributed by atoms with Gasteiger partial charge in [0.25, 0.3) is 11.8 Å². The zero-order valence-electron chi connectivity index (χ0n) is 22.0. The number of nitrogens with one attached hydrogen (secondary N) is 1. The molecule has 0 saturated carbocycles. The molecule has 1 fully saturated rings. The zero-order valence-corrected chi connectivity index (χ0v) is 22.0. The van der Waals surface area contributed by atoms with Gasteiger partial charge >= 0.3 is 0 Å². The van der Waals surface area contributed by atoms with Crippen LogP contribution in [0.3, 0.4) is 0 Å². The number of nitrogens with two attached hydrogens (primary N) is 1. The number of benzene rings is 4. The van der Waals surface area contributed by atoms with Gasteiger partial charge in [-0.3, -0.25) is 14.4 Å². The van der Waals surface area contributed by atoms with Crippen LogP contribution in [0, 0.1) is 0 Å². The number of hydrogen-bond donors (Lipinski definition) is 2. The molecule has 41 heavy (non-hydrogen) atoms. The standard InChI is InChI=1S/C33H25N5O3/c34-31(39)28-17-19(35-32(40)29-20-9-1-5-13-24(20)36-25-14-6-2-10-21(25)29)18-38(28)33(41)30-22-11-3-7-15-26(22)37-27-16-8-4-12-23(27)30/h1-16,19,28H,17-18H2,(H2,34,39)(H,35,40). The maximum Gasteiger partial charge on any atom is 0.255 e. The van der Waals surface area contributed by atoms with Crippen molar-refractivity contribution in [2.45, 2.75) is 18.5 Å². The topological polar surface area (TPSA) is 118 Å². The third-order valence-corrected chi connectivity index (χ3v) is 7.84. The molecule has 0 spiro atoms. The summed E-state index contributed by atoms with van der Waals surface area (Å²) in [5.41, 5.74) is 9.60. The minimum atomic E-state index is -0.871. The Kier molecular flexibility index (Phi) is 5.82. The number of primary amides is 1. The van der Waals surface area contributed by atoms with Crippen LogP contribution >= 0.6 is 0 Å². The molecule has 7 rings (SSSR count). The average Bonchev–Trinajstić information content (AvgIpc) is 3.42. The van der Waals surface area contributed by atoms with Gasteiger partial charge in [-0.15, -0.1) is 0 Å². The molecule has 1 aliphatic heterocycles. The molecule has 2 aromatic heterocycles. The molecule has 4 aromatic carbocycles. The molecule has 3 heterocycles. The first-order valence-corrected chi connectivity index (χ1v) is 13.5. The van der Waals surface area contributed by atoms with Crippen LogP contribution in [0.4, 0.5) is 0 Å². The fourth-order valence-corrected chi connectivity index (χ4v) is 5.99. The number of nitrogens with zero attached hydrogens (tertiary/aromatic N) is 3. The molecule has 0 radical (unpaired) electrons. The molecule has 1 aliphatic rings. The normalized spacial score (nSPS) is 16.9. The molecule has 2 unspecified atom stereocenters. The van der Waals surface area contributed by atoms with Crippen molar-refractivity contribution in [3.8, 4) is 0 Å². The van der Waals surface area contributed by atoms with E-state index < -0.39 is 18.0 Å². The summed E-state index contributed by atoms with van der Waals surface area (Å²) in [5.74, 6) is -1.22. The lowest BCUT2D eigenvalue weighted by Crippen LogP contribution is -2.44. The van der Waals surface area contributed by atoms with E-state index in [2.05, 4.69) is 5.32 Å². The maximum absolute atomic E-state index is 14.2. The molecule has 0 aliphatic carbocycles. The highest BCUT2D eigenvalue weighted by atomic mass is 16.2. The highest BCUT2D eigenvalue weighted by Crippen LogP contribution is 2.31. The van der Waals surface area contributed by atoms with Gasteiger partial charge in [0.1, 0.15) is 6.04 Å². The maximum atomic E-state index is 14.2. The fourth-order valence-electron chi connectivity index (χ4n) is 5.99. The highest BCUT2D eigenvalue weighted by molar-refractivity contribution is 6.18. The van der Waals surface area contributed by atoms with Crippen LogP contribution in [0.15, 0.2) is 97.1 Å². The van der Waals surface area contributed by atoms with Gasteiger partial charge in [0, 0.05) is 34.1 Å². The van der Waals surface area contributed by atoms with E-state index in [9.17, 15) is 14.4 Å². The van der Waals surface area contributed by atoms with Crippen LogP contribution in [0.2, 0.25) is 0 Å². The lowest BCUT2D eigenvalue weighted by atomic mass is 10.0. The summed E-state index contributed by atoms with van der Waals surface area (Å²) < 4.78 is 0. The van der Waals surface area contributed by atoms with Gasteiger partial charge in [-0.05, 0) is 30.7 Å². The first kappa shape index (κ1) is 24.7. The third-order valence-electron chi connectivity index (χ3n) is 7.84. The number of likely N-dealkylation sites (tertiary alicyclic amines) is 1. The minimum Gasteiger partial charge on any atom is -0.368 e. The van der Waals surface area contributed by atoms with E-state index in [0.717, 1.165) is 10.8 Å². The summed E-state index contributed by atoms with van der Waals surface area (Å²) in [6.45, 7) is 0.143. The van der Waals surface area contributed by atoms with Crippen molar-refractivity contribution in [3.63, 3.8) is 0 Å². The van der Waals surface area contributed by atoms with Crippen LogP contribution in [-0.2, 0) is 4.79 Å². The quantitative estimate of drug-likeness (QED) is 0.318. The summed E-state index contributed by atoms with van der Waals surface area (Å²) in [6.07, 6.45) is 0.217. The van der Waals surface area contributed by atoms with Crippen molar-refractivity contribution in [1.29, 1.82) is 0 Å². The van der Waals surface area contributed by atoms with Gasteiger partial charge in [0.2, 0.25) is 5.91 Å². The highest BCUT2D eigenvalue weighted by Gasteiger charge is 2.40. The van der Waals surface area contributed by atoms with E-state index >= 15 is 0 Å². The number of aromatic nitrogens is 2. The molecular formula is C33H25N5O3. The third kappa shape index (κ3) is 4.12. The van der Waals surface area contributed by atoms with Crippen LogP contribution < -0.4 is 11.1 Å². The molecule has 0 bridgehead atoms. The minimum absolute atomic E-state index is 0.143. The van der Waals surface area contributed by atoms with Crippen LogP contribution in [-0.4, -0.2) is 51.2 Å². The molecule has 1 saturated heterocycles. The Morgan fingerprint density at radius 3 is 1.51 bits per heavy atom. The Morgan fingerprint density at radius 2 is 1.07 bits per heavy atom. The molecule has 3 N–H and O–H groups in total. The smallest absolute Gasteiger partial charge is 0.255 e. The lowest BCUT2D eigenvalue weighted by Gasteiger charge is -2.23.